The monoisotopic (exact) mass is 313 g/mol. The number of aliphatic hydroxyl groups excluding tert-OH is 1. The normalized spacial score (nSPS) is 12.4. The third kappa shape index (κ3) is 3.06. The van der Waals surface area contributed by atoms with E-state index >= 15 is 0 Å². The molecular weight excluding hydrogens is 302 g/mol. The van der Waals surface area contributed by atoms with Crippen LogP contribution < -0.4 is 4.74 Å². The number of rotatable bonds is 4. The highest BCUT2D eigenvalue weighted by molar-refractivity contribution is 9.10. The Hall–Kier alpha value is -0.910. The first-order valence-electron chi connectivity index (χ1n) is 5.09. The maximum atomic E-state index is 9.98. The molecular formula is C12H12BrNO2S. The van der Waals surface area contributed by atoms with Gasteiger partial charge < -0.3 is 9.84 Å². The molecule has 0 bridgehead atoms. The molecule has 2 rings (SSSR count). The molecule has 0 aliphatic carbocycles. The van der Waals surface area contributed by atoms with E-state index in [0.29, 0.717) is 6.42 Å². The van der Waals surface area contributed by atoms with E-state index in [1.165, 1.54) is 11.3 Å². The standard InChI is InChI=1S/C12H12BrNO2S/c1-16-12-3-2-8(4-9(12)13)5-11(15)10-6-17-7-14-10/h2-4,6-7,11,15H,5H2,1H3. The summed E-state index contributed by atoms with van der Waals surface area (Å²) in [6.45, 7) is 0. The third-order valence-electron chi connectivity index (χ3n) is 2.44. The summed E-state index contributed by atoms with van der Waals surface area (Å²) in [5, 5.41) is 11.8. The summed E-state index contributed by atoms with van der Waals surface area (Å²) >= 11 is 4.91. The lowest BCUT2D eigenvalue weighted by Gasteiger charge is -2.10. The van der Waals surface area contributed by atoms with Gasteiger partial charge in [-0.05, 0) is 33.6 Å². The van der Waals surface area contributed by atoms with Crippen molar-refractivity contribution in [2.24, 2.45) is 0 Å². The van der Waals surface area contributed by atoms with Gasteiger partial charge in [0.2, 0.25) is 0 Å². The van der Waals surface area contributed by atoms with Crippen LogP contribution in [0.15, 0.2) is 33.6 Å². The average Bonchev–Trinajstić information content (AvgIpc) is 2.82. The Kier molecular flexibility index (Phi) is 4.15. The molecule has 0 radical (unpaired) electrons. The molecule has 0 amide bonds. The number of aliphatic hydroxyl groups is 1. The van der Waals surface area contributed by atoms with Crippen LogP contribution in [0.4, 0.5) is 0 Å². The van der Waals surface area contributed by atoms with Crippen molar-refractivity contribution in [2.75, 3.05) is 7.11 Å². The summed E-state index contributed by atoms with van der Waals surface area (Å²) in [4.78, 5) is 4.10. The van der Waals surface area contributed by atoms with Crippen LogP contribution >= 0.6 is 27.3 Å². The molecule has 1 aromatic heterocycles. The zero-order valence-electron chi connectivity index (χ0n) is 9.26. The van der Waals surface area contributed by atoms with Gasteiger partial charge in [0.1, 0.15) is 11.9 Å². The Labute approximate surface area is 112 Å². The fourth-order valence-corrected chi connectivity index (χ4v) is 2.74. The summed E-state index contributed by atoms with van der Waals surface area (Å²) in [7, 11) is 1.63. The van der Waals surface area contributed by atoms with Crippen molar-refractivity contribution in [3.05, 3.63) is 44.8 Å². The van der Waals surface area contributed by atoms with E-state index in [0.717, 1.165) is 21.5 Å². The Balaban J connectivity index is 2.11. The van der Waals surface area contributed by atoms with Crippen LogP contribution in [0.25, 0.3) is 0 Å². The van der Waals surface area contributed by atoms with Gasteiger partial charge >= 0.3 is 0 Å². The second-order valence-electron chi connectivity index (χ2n) is 3.60. The van der Waals surface area contributed by atoms with Crippen LogP contribution in [-0.2, 0) is 6.42 Å². The van der Waals surface area contributed by atoms with Gasteiger partial charge in [-0.25, -0.2) is 4.98 Å². The second kappa shape index (κ2) is 5.62. The van der Waals surface area contributed by atoms with Crippen LogP contribution in [0, 0.1) is 0 Å². The molecule has 0 saturated carbocycles. The van der Waals surface area contributed by atoms with Crippen LogP contribution in [0.1, 0.15) is 17.4 Å². The molecule has 1 unspecified atom stereocenters. The van der Waals surface area contributed by atoms with Gasteiger partial charge in [0, 0.05) is 11.8 Å². The molecule has 1 aromatic carbocycles. The van der Waals surface area contributed by atoms with Crippen molar-refractivity contribution in [1.82, 2.24) is 4.98 Å². The quantitative estimate of drug-likeness (QED) is 0.942. The topological polar surface area (TPSA) is 42.4 Å². The minimum absolute atomic E-state index is 0.548. The van der Waals surface area contributed by atoms with Crippen LogP contribution in [0.3, 0.4) is 0 Å². The summed E-state index contributed by atoms with van der Waals surface area (Å²) in [6, 6.07) is 5.78. The van der Waals surface area contributed by atoms with Gasteiger partial charge in [0.15, 0.2) is 0 Å². The highest BCUT2D eigenvalue weighted by Crippen LogP contribution is 2.27. The molecule has 3 nitrogen and oxygen atoms in total. The van der Waals surface area contributed by atoms with Crippen molar-refractivity contribution in [1.29, 1.82) is 0 Å². The number of nitrogens with zero attached hydrogens (tertiary/aromatic N) is 1. The molecule has 17 heavy (non-hydrogen) atoms. The van der Waals surface area contributed by atoms with Gasteiger partial charge in [0.25, 0.3) is 0 Å². The number of hydrogen-bond acceptors (Lipinski definition) is 4. The Morgan fingerprint density at radius 3 is 2.94 bits per heavy atom. The van der Waals surface area contributed by atoms with E-state index in [1.54, 1.807) is 12.6 Å². The Morgan fingerprint density at radius 2 is 2.35 bits per heavy atom. The zero-order valence-corrected chi connectivity index (χ0v) is 11.7. The largest absolute Gasteiger partial charge is 0.496 e. The number of hydrogen-bond donors (Lipinski definition) is 1. The van der Waals surface area contributed by atoms with E-state index in [2.05, 4.69) is 20.9 Å². The number of aromatic nitrogens is 1. The summed E-state index contributed by atoms with van der Waals surface area (Å²) < 4.78 is 6.05. The van der Waals surface area contributed by atoms with Crippen molar-refractivity contribution in [3.8, 4) is 5.75 Å². The second-order valence-corrected chi connectivity index (χ2v) is 5.18. The fourth-order valence-electron chi connectivity index (χ4n) is 1.55. The Bertz CT molecular complexity index is 487. The molecule has 1 heterocycles. The molecule has 0 aliphatic heterocycles. The number of methoxy groups -OCH3 is 1. The van der Waals surface area contributed by atoms with E-state index in [-0.39, 0.29) is 0 Å². The van der Waals surface area contributed by atoms with Gasteiger partial charge in [-0.1, -0.05) is 6.07 Å². The molecule has 90 valence electrons. The Morgan fingerprint density at radius 1 is 1.53 bits per heavy atom. The minimum Gasteiger partial charge on any atom is -0.496 e. The smallest absolute Gasteiger partial charge is 0.133 e. The average molecular weight is 314 g/mol. The van der Waals surface area contributed by atoms with E-state index < -0.39 is 6.10 Å². The highest BCUT2D eigenvalue weighted by atomic mass is 79.9. The van der Waals surface area contributed by atoms with Crippen LogP contribution in [0.2, 0.25) is 0 Å². The first kappa shape index (κ1) is 12.5. The van der Waals surface area contributed by atoms with Crippen molar-refractivity contribution in [3.63, 3.8) is 0 Å². The number of thiazole rings is 1. The molecule has 5 heteroatoms. The molecule has 0 fully saturated rings. The predicted octanol–water partition coefficient (Wildman–Crippen LogP) is 3.19. The summed E-state index contributed by atoms with van der Waals surface area (Å²) in [6.07, 6.45) is -0.00618. The van der Waals surface area contributed by atoms with Crippen LogP contribution in [0.5, 0.6) is 5.75 Å². The fraction of sp³-hybridized carbons (Fsp3) is 0.250. The third-order valence-corrected chi connectivity index (χ3v) is 3.66. The number of ether oxygens (including phenoxy) is 1. The minimum atomic E-state index is -0.554. The first-order chi connectivity index (χ1) is 8.20. The van der Waals surface area contributed by atoms with Crippen molar-refractivity contribution < 1.29 is 9.84 Å². The van der Waals surface area contributed by atoms with Crippen LogP contribution in [-0.4, -0.2) is 17.2 Å². The maximum Gasteiger partial charge on any atom is 0.133 e. The van der Waals surface area contributed by atoms with E-state index in [4.69, 9.17) is 4.74 Å². The van der Waals surface area contributed by atoms with Gasteiger partial charge in [0.05, 0.1) is 22.8 Å². The van der Waals surface area contributed by atoms with Crippen molar-refractivity contribution >= 4 is 27.3 Å². The lowest BCUT2D eigenvalue weighted by atomic mass is 10.1. The maximum absolute atomic E-state index is 9.98. The highest BCUT2D eigenvalue weighted by Gasteiger charge is 2.11. The molecule has 0 saturated heterocycles. The molecule has 0 spiro atoms. The van der Waals surface area contributed by atoms with E-state index in [1.807, 2.05) is 23.6 Å². The van der Waals surface area contributed by atoms with Gasteiger partial charge in [-0.3, -0.25) is 0 Å². The number of halogens is 1. The SMILES string of the molecule is COc1ccc(CC(O)c2cscn2)cc1Br. The lowest BCUT2D eigenvalue weighted by Crippen LogP contribution is -2.02. The lowest BCUT2D eigenvalue weighted by molar-refractivity contribution is 0.174. The van der Waals surface area contributed by atoms with E-state index in [9.17, 15) is 5.11 Å². The molecule has 0 aliphatic rings. The molecule has 2 aromatic rings. The predicted molar refractivity (Wildman–Crippen MR) is 71.5 cm³/mol. The molecule has 1 atom stereocenters. The number of benzene rings is 1. The van der Waals surface area contributed by atoms with Gasteiger partial charge in [-0.2, -0.15) is 0 Å². The first-order valence-corrected chi connectivity index (χ1v) is 6.83. The summed E-state index contributed by atoms with van der Waals surface area (Å²) in [5.74, 6) is 0.789. The zero-order chi connectivity index (χ0) is 12.3. The molecule has 1 N–H and O–H groups in total. The van der Waals surface area contributed by atoms with Crippen molar-refractivity contribution in [2.45, 2.75) is 12.5 Å². The van der Waals surface area contributed by atoms with Gasteiger partial charge in [-0.15, -0.1) is 11.3 Å². The summed E-state index contributed by atoms with van der Waals surface area (Å²) in [5.41, 5.74) is 3.49.